The highest BCUT2D eigenvalue weighted by molar-refractivity contribution is 6.30. The maximum atomic E-state index is 14.1. The third kappa shape index (κ3) is 8.11. The number of rotatable bonds is 11. The monoisotopic (exact) mass is 496 g/mol. The highest BCUT2D eigenvalue weighted by Gasteiger charge is 2.31. The van der Waals surface area contributed by atoms with Crippen LogP contribution < -0.4 is 10.1 Å². The van der Waals surface area contributed by atoms with Gasteiger partial charge in [0.1, 0.15) is 6.04 Å². The zero-order valence-electron chi connectivity index (χ0n) is 19.9. The zero-order valence-corrected chi connectivity index (χ0v) is 20.7. The summed E-state index contributed by atoms with van der Waals surface area (Å²) < 4.78 is 19.5. The summed E-state index contributed by atoms with van der Waals surface area (Å²) in [6.45, 7) is 4.22. The van der Waals surface area contributed by atoms with Gasteiger partial charge in [-0.1, -0.05) is 80.0 Å². The molecule has 0 spiro atoms. The van der Waals surface area contributed by atoms with Crippen molar-refractivity contribution in [2.75, 3.05) is 13.2 Å². The molecule has 0 bridgehead atoms. The molecule has 0 radical (unpaired) electrons. The van der Waals surface area contributed by atoms with E-state index in [1.165, 1.54) is 17.0 Å². The zero-order chi connectivity index (χ0) is 25.2. The van der Waals surface area contributed by atoms with E-state index in [4.69, 9.17) is 16.3 Å². The Kier molecular flexibility index (Phi) is 9.67. The first-order chi connectivity index (χ1) is 16.8. The molecule has 7 heteroatoms. The lowest BCUT2D eigenvalue weighted by molar-refractivity contribution is -0.142. The third-order valence-corrected chi connectivity index (χ3v) is 5.62. The van der Waals surface area contributed by atoms with Crippen molar-refractivity contribution < 1.29 is 18.7 Å². The van der Waals surface area contributed by atoms with Crippen molar-refractivity contribution in [2.45, 2.75) is 32.9 Å². The Labute approximate surface area is 210 Å². The number of nitrogens with zero attached hydrogens (tertiary/aromatic N) is 1. The Hall–Kier alpha value is -3.38. The average molecular weight is 497 g/mol. The van der Waals surface area contributed by atoms with Crippen molar-refractivity contribution in [3.8, 4) is 5.75 Å². The van der Waals surface area contributed by atoms with Crippen molar-refractivity contribution in [1.29, 1.82) is 0 Å². The number of carbonyl (C=O) groups is 2. The Morgan fingerprint density at radius 2 is 1.66 bits per heavy atom. The van der Waals surface area contributed by atoms with Crippen LogP contribution in [0.2, 0.25) is 5.02 Å². The van der Waals surface area contributed by atoms with Crippen molar-refractivity contribution in [3.05, 3.63) is 101 Å². The molecule has 0 aliphatic heterocycles. The first-order valence-electron chi connectivity index (χ1n) is 11.6. The lowest BCUT2D eigenvalue weighted by atomic mass is 10.0. The standard InChI is InChI=1S/C28H30ClFN2O3/c1-20(2)17-31-28(34)25(16-21-9-4-3-5-10-21)32(18-22-11-8-12-23(29)15-22)27(33)19-35-26-14-7-6-13-24(26)30/h3-15,20,25H,16-19H2,1-2H3,(H,31,34)/t25-/m1/s1. The first kappa shape index (κ1) is 26.2. The third-order valence-electron chi connectivity index (χ3n) is 5.39. The van der Waals surface area contributed by atoms with Crippen LogP contribution in [0, 0.1) is 11.7 Å². The molecule has 0 aliphatic rings. The summed E-state index contributed by atoms with van der Waals surface area (Å²) in [5, 5.41) is 3.49. The molecule has 0 fully saturated rings. The van der Waals surface area contributed by atoms with Gasteiger partial charge >= 0.3 is 0 Å². The van der Waals surface area contributed by atoms with Crippen LogP contribution in [0.15, 0.2) is 78.9 Å². The Balaban J connectivity index is 1.91. The van der Waals surface area contributed by atoms with Gasteiger partial charge in [-0.15, -0.1) is 0 Å². The number of amides is 2. The Morgan fingerprint density at radius 1 is 0.971 bits per heavy atom. The SMILES string of the molecule is CC(C)CNC(=O)[C@@H](Cc1ccccc1)N(Cc1cccc(Cl)c1)C(=O)COc1ccccc1F. The summed E-state index contributed by atoms with van der Waals surface area (Å²) in [7, 11) is 0. The van der Waals surface area contributed by atoms with Crippen molar-refractivity contribution in [2.24, 2.45) is 5.92 Å². The predicted molar refractivity (Wildman–Crippen MR) is 136 cm³/mol. The minimum Gasteiger partial charge on any atom is -0.481 e. The summed E-state index contributed by atoms with van der Waals surface area (Å²) >= 11 is 6.17. The first-order valence-corrected chi connectivity index (χ1v) is 11.9. The van der Waals surface area contributed by atoms with Crippen LogP contribution in [0.3, 0.4) is 0 Å². The molecule has 3 rings (SSSR count). The number of benzene rings is 3. The second-order valence-electron chi connectivity index (χ2n) is 8.72. The topological polar surface area (TPSA) is 58.6 Å². The van der Waals surface area contributed by atoms with Gasteiger partial charge in [0.15, 0.2) is 18.2 Å². The van der Waals surface area contributed by atoms with Crippen LogP contribution in [-0.2, 0) is 22.6 Å². The van der Waals surface area contributed by atoms with Crippen LogP contribution in [0.1, 0.15) is 25.0 Å². The molecule has 184 valence electrons. The van der Waals surface area contributed by atoms with Crippen molar-refractivity contribution in [3.63, 3.8) is 0 Å². The fourth-order valence-corrected chi connectivity index (χ4v) is 3.81. The number of hydrogen-bond donors (Lipinski definition) is 1. The maximum Gasteiger partial charge on any atom is 0.261 e. The summed E-state index contributed by atoms with van der Waals surface area (Å²) in [4.78, 5) is 28.3. The molecular formula is C28H30ClFN2O3. The number of halogens is 2. The molecule has 0 aliphatic carbocycles. The van der Waals surface area contributed by atoms with E-state index < -0.39 is 24.4 Å². The average Bonchev–Trinajstić information content (AvgIpc) is 2.84. The molecule has 2 amide bonds. The molecule has 0 unspecified atom stereocenters. The summed E-state index contributed by atoms with van der Waals surface area (Å²) in [5.74, 6) is -1.03. The van der Waals surface area contributed by atoms with E-state index in [9.17, 15) is 14.0 Å². The molecular weight excluding hydrogens is 467 g/mol. The van der Waals surface area contributed by atoms with Gasteiger partial charge in [0, 0.05) is 24.5 Å². The normalized spacial score (nSPS) is 11.7. The summed E-state index contributed by atoms with van der Waals surface area (Å²) in [6.07, 6.45) is 0.316. The smallest absolute Gasteiger partial charge is 0.261 e. The lowest BCUT2D eigenvalue weighted by Gasteiger charge is -2.31. The van der Waals surface area contributed by atoms with Gasteiger partial charge in [-0.25, -0.2) is 4.39 Å². The van der Waals surface area contributed by atoms with Gasteiger partial charge in [-0.05, 0) is 41.3 Å². The fraction of sp³-hybridized carbons (Fsp3) is 0.286. The second kappa shape index (κ2) is 12.9. The van der Waals surface area contributed by atoms with E-state index in [2.05, 4.69) is 5.32 Å². The molecule has 1 atom stereocenters. The Morgan fingerprint density at radius 3 is 2.34 bits per heavy atom. The number of ether oxygens (including phenoxy) is 1. The highest BCUT2D eigenvalue weighted by Crippen LogP contribution is 2.19. The molecule has 3 aromatic carbocycles. The van der Waals surface area contributed by atoms with E-state index in [0.29, 0.717) is 18.0 Å². The molecule has 35 heavy (non-hydrogen) atoms. The molecule has 1 N–H and O–H groups in total. The molecule has 0 heterocycles. The van der Waals surface area contributed by atoms with Crippen LogP contribution in [-0.4, -0.2) is 35.9 Å². The predicted octanol–water partition coefficient (Wildman–Crippen LogP) is 5.27. The minimum atomic E-state index is -0.799. The molecule has 0 saturated heterocycles. The quantitative estimate of drug-likeness (QED) is 0.393. The van der Waals surface area contributed by atoms with Gasteiger partial charge in [-0.3, -0.25) is 9.59 Å². The Bertz CT molecular complexity index is 1120. The van der Waals surface area contributed by atoms with E-state index in [1.54, 1.807) is 30.3 Å². The van der Waals surface area contributed by atoms with Gasteiger partial charge in [0.05, 0.1) is 0 Å². The molecule has 5 nitrogen and oxygen atoms in total. The van der Waals surface area contributed by atoms with E-state index in [1.807, 2.05) is 50.2 Å². The van der Waals surface area contributed by atoms with E-state index >= 15 is 0 Å². The number of carbonyl (C=O) groups excluding carboxylic acids is 2. The van der Waals surface area contributed by atoms with Gasteiger partial charge in [-0.2, -0.15) is 0 Å². The van der Waals surface area contributed by atoms with E-state index in [0.717, 1.165) is 11.1 Å². The maximum absolute atomic E-state index is 14.1. The largest absolute Gasteiger partial charge is 0.481 e. The second-order valence-corrected chi connectivity index (χ2v) is 9.15. The van der Waals surface area contributed by atoms with Crippen molar-refractivity contribution >= 4 is 23.4 Å². The van der Waals surface area contributed by atoms with Crippen molar-refractivity contribution in [1.82, 2.24) is 10.2 Å². The van der Waals surface area contributed by atoms with Crippen LogP contribution in [0.5, 0.6) is 5.75 Å². The number of hydrogen-bond acceptors (Lipinski definition) is 3. The van der Waals surface area contributed by atoms with Crippen LogP contribution >= 0.6 is 11.6 Å². The van der Waals surface area contributed by atoms with Crippen LogP contribution in [0.25, 0.3) is 0 Å². The summed E-state index contributed by atoms with van der Waals surface area (Å²) in [6, 6.07) is 21.8. The van der Waals surface area contributed by atoms with Gasteiger partial charge in [0.25, 0.3) is 5.91 Å². The minimum absolute atomic E-state index is 0.0209. The fourth-order valence-electron chi connectivity index (χ4n) is 3.59. The number of nitrogens with one attached hydrogen (secondary N) is 1. The molecule has 3 aromatic rings. The van der Waals surface area contributed by atoms with Gasteiger partial charge in [0.2, 0.25) is 5.91 Å². The summed E-state index contributed by atoms with van der Waals surface area (Å²) in [5.41, 5.74) is 1.68. The molecule has 0 saturated carbocycles. The van der Waals surface area contributed by atoms with Gasteiger partial charge < -0.3 is 15.0 Å². The molecule has 0 aromatic heterocycles. The van der Waals surface area contributed by atoms with E-state index in [-0.39, 0.29) is 24.1 Å². The lowest BCUT2D eigenvalue weighted by Crippen LogP contribution is -2.52. The van der Waals surface area contributed by atoms with Crippen LogP contribution in [0.4, 0.5) is 4.39 Å². The highest BCUT2D eigenvalue weighted by atomic mass is 35.5. The number of para-hydroxylation sites is 1.